The van der Waals surface area contributed by atoms with Crippen molar-refractivity contribution >= 4 is 18.0 Å². The summed E-state index contributed by atoms with van der Waals surface area (Å²) in [4.78, 5) is 27.9. The molecular formula is C18H22N2O4. The largest absolute Gasteiger partial charge is 0.480 e. The molecule has 0 saturated carbocycles. The fourth-order valence-electron chi connectivity index (χ4n) is 3.36. The van der Waals surface area contributed by atoms with Crippen LogP contribution in [0.25, 0.3) is 6.08 Å². The molecule has 2 fully saturated rings. The summed E-state index contributed by atoms with van der Waals surface area (Å²) < 4.78 is 5.85. The quantitative estimate of drug-likeness (QED) is 0.849. The van der Waals surface area contributed by atoms with Crippen LogP contribution in [0.4, 0.5) is 0 Å². The van der Waals surface area contributed by atoms with E-state index in [1.165, 1.54) is 11.0 Å². The first-order valence-electron chi connectivity index (χ1n) is 8.14. The van der Waals surface area contributed by atoms with E-state index in [2.05, 4.69) is 4.90 Å². The Bertz CT molecular complexity index is 636. The van der Waals surface area contributed by atoms with Gasteiger partial charge in [0.25, 0.3) is 0 Å². The van der Waals surface area contributed by atoms with Gasteiger partial charge in [0.15, 0.2) is 6.04 Å². The molecule has 24 heavy (non-hydrogen) atoms. The molecule has 2 aliphatic rings. The molecule has 0 bridgehead atoms. The van der Waals surface area contributed by atoms with Crippen molar-refractivity contribution in [1.82, 2.24) is 9.80 Å². The average Bonchev–Trinajstić information content (AvgIpc) is 2.96. The van der Waals surface area contributed by atoms with Crippen LogP contribution in [0.5, 0.6) is 0 Å². The van der Waals surface area contributed by atoms with Gasteiger partial charge in [0.2, 0.25) is 5.91 Å². The van der Waals surface area contributed by atoms with Gasteiger partial charge in [-0.2, -0.15) is 0 Å². The number of carbonyl (C=O) groups excluding carboxylic acids is 1. The van der Waals surface area contributed by atoms with E-state index < -0.39 is 17.7 Å². The number of likely N-dealkylation sites (tertiary alicyclic amines) is 1. The standard InChI is InChI=1S/C18H22N2O4/c1-19-11-9-18(10-12-19)20(15(13-24-18)17(22)23)16(21)8-7-14-5-3-2-4-6-14/h2-8,15H,9-13H2,1H3,(H,22,23)/b8-7-/t15-/m1/s1. The van der Waals surface area contributed by atoms with Gasteiger partial charge in [-0.1, -0.05) is 30.3 Å². The van der Waals surface area contributed by atoms with Crippen LogP contribution in [0.2, 0.25) is 0 Å². The van der Waals surface area contributed by atoms with E-state index >= 15 is 0 Å². The van der Waals surface area contributed by atoms with Crippen LogP contribution in [0.15, 0.2) is 36.4 Å². The first kappa shape index (κ1) is 16.7. The molecule has 6 heteroatoms. The molecule has 0 aliphatic carbocycles. The third-order valence-electron chi connectivity index (χ3n) is 4.77. The molecule has 3 rings (SSSR count). The normalized spacial score (nSPS) is 23.9. The Labute approximate surface area is 141 Å². The number of aliphatic carboxylic acids is 1. The van der Waals surface area contributed by atoms with Crippen LogP contribution in [0.3, 0.4) is 0 Å². The summed E-state index contributed by atoms with van der Waals surface area (Å²) in [5.41, 5.74) is 0.100. The minimum atomic E-state index is -1.02. The molecule has 2 aliphatic heterocycles. The van der Waals surface area contributed by atoms with E-state index in [0.717, 1.165) is 18.7 Å². The maximum absolute atomic E-state index is 12.8. The second-order valence-corrected chi connectivity index (χ2v) is 6.37. The Kier molecular flexibility index (Phi) is 4.69. The zero-order valence-electron chi connectivity index (χ0n) is 13.7. The van der Waals surface area contributed by atoms with Gasteiger partial charge >= 0.3 is 5.97 Å². The molecule has 1 atom stereocenters. The lowest BCUT2D eigenvalue weighted by atomic mass is 9.98. The van der Waals surface area contributed by atoms with Crippen molar-refractivity contribution in [2.45, 2.75) is 24.6 Å². The molecule has 1 aromatic rings. The molecule has 0 unspecified atom stereocenters. The van der Waals surface area contributed by atoms with Crippen LogP contribution in [0.1, 0.15) is 18.4 Å². The lowest BCUT2D eigenvalue weighted by Gasteiger charge is -2.43. The number of ether oxygens (including phenoxy) is 1. The summed E-state index contributed by atoms with van der Waals surface area (Å²) in [5, 5.41) is 9.48. The van der Waals surface area contributed by atoms with Crippen molar-refractivity contribution < 1.29 is 19.4 Å². The maximum atomic E-state index is 12.8. The highest BCUT2D eigenvalue weighted by Crippen LogP contribution is 2.37. The molecule has 0 radical (unpaired) electrons. The van der Waals surface area contributed by atoms with Crippen molar-refractivity contribution in [3.05, 3.63) is 42.0 Å². The van der Waals surface area contributed by atoms with E-state index in [1.54, 1.807) is 6.08 Å². The van der Waals surface area contributed by atoms with Gasteiger partial charge in [0.1, 0.15) is 5.72 Å². The molecule has 6 nitrogen and oxygen atoms in total. The number of carbonyl (C=O) groups is 2. The first-order chi connectivity index (χ1) is 11.5. The van der Waals surface area contributed by atoms with Gasteiger partial charge in [-0.3, -0.25) is 9.69 Å². The Balaban J connectivity index is 1.83. The van der Waals surface area contributed by atoms with Crippen LogP contribution < -0.4 is 0 Å². The van der Waals surface area contributed by atoms with Gasteiger partial charge < -0.3 is 14.7 Å². The van der Waals surface area contributed by atoms with Gasteiger partial charge in [0.05, 0.1) is 6.61 Å². The van der Waals surface area contributed by atoms with Crippen molar-refractivity contribution in [3.8, 4) is 0 Å². The number of carboxylic acid groups (broad SMARTS) is 1. The smallest absolute Gasteiger partial charge is 0.328 e. The van der Waals surface area contributed by atoms with Crippen molar-refractivity contribution in [2.24, 2.45) is 0 Å². The molecular weight excluding hydrogens is 308 g/mol. The summed E-state index contributed by atoms with van der Waals surface area (Å²) in [6.45, 7) is 1.60. The van der Waals surface area contributed by atoms with Crippen molar-refractivity contribution in [3.63, 3.8) is 0 Å². The van der Waals surface area contributed by atoms with Crippen molar-refractivity contribution in [2.75, 3.05) is 26.7 Å². The Morgan fingerprint density at radius 2 is 1.92 bits per heavy atom. The lowest BCUT2D eigenvalue weighted by molar-refractivity contribution is -0.161. The van der Waals surface area contributed by atoms with E-state index in [9.17, 15) is 14.7 Å². The predicted octanol–water partition coefficient (Wildman–Crippen LogP) is 1.43. The van der Waals surface area contributed by atoms with Crippen LogP contribution in [0, 0.1) is 0 Å². The van der Waals surface area contributed by atoms with E-state index in [-0.39, 0.29) is 12.5 Å². The van der Waals surface area contributed by atoms with E-state index in [0.29, 0.717) is 12.8 Å². The molecule has 0 aromatic heterocycles. The summed E-state index contributed by atoms with van der Waals surface area (Å²) >= 11 is 0. The zero-order chi connectivity index (χ0) is 17.2. The summed E-state index contributed by atoms with van der Waals surface area (Å²) in [5.74, 6) is -1.33. The predicted molar refractivity (Wildman–Crippen MR) is 89.2 cm³/mol. The zero-order valence-corrected chi connectivity index (χ0v) is 13.7. The fourth-order valence-corrected chi connectivity index (χ4v) is 3.36. The summed E-state index contributed by atoms with van der Waals surface area (Å²) in [6.07, 6.45) is 4.40. The summed E-state index contributed by atoms with van der Waals surface area (Å²) in [6, 6.07) is 8.54. The van der Waals surface area contributed by atoms with Crippen LogP contribution in [-0.2, 0) is 14.3 Å². The van der Waals surface area contributed by atoms with Gasteiger partial charge in [-0.05, 0) is 18.7 Å². The topological polar surface area (TPSA) is 70.1 Å². The van der Waals surface area contributed by atoms with Crippen LogP contribution in [-0.4, -0.2) is 65.3 Å². The fraction of sp³-hybridized carbons (Fsp3) is 0.444. The Morgan fingerprint density at radius 1 is 1.25 bits per heavy atom. The second-order valence-electron chi connectivity index (χ2n) is 6.37. The number of amides is 1. The van der Waals surface area contributed by atoms with E-state index in [1.807, 2.05) is 37.4 Å². The molecule has 2 heterocycles. The SMILES string of the molecule is CN1CCC2(CC1)OC[C@H](C(=O)O)N2C(=O)/C=C\c1ccccc1. The second kappa shape index (κ2) is 6.75. The Hall–Kier alpha value is -2.18. The highest BCUT2D eigenvalue weighted by atomic mass is 16.5. The Morgan fingerprint density at radius 3 is 2.54 bits per heavy atom. The highest BCUT2D eigenvalue weighted by molar-refractivity contribution is 5.95. The molecule has 1 aromatic carbocycles. The molecule has 1 amide bonds. The molecule has 1 spiro atoms. The summed E-state index contributed by atoms with van der Waals surface area (Å²) in [7, 11) is 2.01. The number of nitrogens with zero attached hydrogens (tertiary/aromatic N) is 2. The lowest BCUT2D eigenvalue weighted by Crippen LogP contribution is -2.57. The molecule has 2 saturated heterocycles. The third-order valence-corrected chi connectivity index (χ3v) is 4.77. The first-order valence-corrected chi connectivity index (χ1v) is 8.14. The monoisotopic (exact) mass is 330 g/mol. The third kappa shape index (κ3) is 3.20. The van der Waals surface area contributed by atoms with Crippen LogP contribution >= 0.6 is 0 Å². The van der Waals surface area contributed by atoms with Gasteiger partial charge in [-0.15, -0.1) is 0 Å². The minimum Gasteiger partial charge on any atom is -0.480 e. The number of carboxylic acids is 1. The molecule has 1 N–H and O–H groups in total. The number of benzene rings is 1. The average molecular weight is 330 g/mol. The van der Waals surface area contributed by atoms with Crippen molar-refractivity contribution in [1.29, 1.82) is 0 Å². The number of hydrogen-bond donors (Lipinski definition) is 1. The van der Waals surface area contributed by atoms with Gasteiger partial charge in [-0.25, -0.2) is 4.79 Å². The van der Waals surface area contributed by atoms with Gasteiger partial charge in [0, 0.05) is 32.0 Å². The highest BCUT2D eigenvalue weighted by Gasteiger charge is 2.53. The number of piperidine rings is 1. The minimum absolute atomic E-state index is 0.0456. The van der Waals surface area contributed by atoms with E-state index in [4.69, 9.17) is 4.74 Å². The number of hydrogen-bond acceptors (Lipinski definition) is 4. The maximum Gasteiger partial charge on any atom is 0.328 e. The number of rotatable bonds is 3. The molecule has 128 valence electrons.